The minimum Gasteiger partial charge on any atom is -0.481 e. The van der Waals surface area contributed by atoms with E-state index < -0.39 is 5.97 Å². The maximum absolute atomic E-state index is 10.7. The van der Waals surface area contributed by atoms with Crippen molar-refractivity contribution in [3.63, 3.8) is 0 Å². The molecule has 18 heavy (non-hydrogen) atoms. The number of aliphatic carboxylic acids is 1. The number of aryl methyl sites for hydroxylation is 1. The topological polar surface area (TPSA) is 49.8 Å². The predicted octanol–water partition coefficient (Wildman–Crippen LogP) is 1.67. The maximum atomic E-state index is 10.7. The number of ether oxygens (including phenoxy) is 1. The highest BCUT2D eigenvalue weighted by Crippen LogP contribution is 2.15. The first-order valence-electron chi connectivity index (χ1n) is 6.25. The van der Waals surface area contributed by atoms with Crippen molar-refractivity contribution in [2.24, 2.45) is 0 Å². The molecule has 1 unspecified atom stereocenters. The SMILES string of the molecule is Cc1ccccc1CN1CCOC(CC(=O)O)C1. The minimum atomic E-state index is -0.794. The van der Waals surface area contributed by atoms with E-state index in [0.717, 1.165) is 13.1 Å². The van der Waals surface area contributed by atoms with E-state index in [1.807, 2.05) is 12.1 Å². The Hall–Kier alpha value is -1.39. The standard InChI is InChI=1S/C14H19NO3/c1-11-4-2-3-5-12(11)9-15-6-7-18-13(10-15)8-14(16)17/h2-5,13H,6-10H2,1H3,(H,16,17). The van der Waals surface area contributed by atoms with Crippen molar-refractivity contribution < 1.29 is 14.6 Å². The molecule has 4 nitrogen and oxygen atoms in total. The van der Waals surface area contributed by atoms with Crippen molar-refractivity contribution in [1.29, 1.82) is 0 Å². The Balaban J connectivity index is 1.93. The molecule has 4 heteroatoms. The van der Waals surface area contributed by atoms with Crippen molar-refractivity contribution in [2.75, 3.05) is 19.7 Å². The Bertz CT molecular complexity index is 419. The molecular weight excluding hydrogens is 230 g/mol. The molecule has 0 spiro atoms. The van der Waals surface area contributed by atoms with Crippen LogP contribution in [-0.2, 0) is 16.1 Å². The van der Waals surface area contributed by atoms with Crippen molar-refractivity contribution in [3.8, 4) is 0 Å². The molecule has 1 N–H and O–H groups in total. The average molecular weight is 249 g/mol. The van der Waals surface area contributed by atoms with Crippen LogP contribution in [0.15, 0.2) is 24.3 Å². The Morgan fingerprint density at radius 1 is 1.50 bits per heavy atom. The van der Waals surface area contributed by atoms with Gasteiger partial charge in [0.25, 0.3) is 0 Å². The fourth-order valence-corrected chi connectivity index (χ4v) is 2.27. The highest BCUT2D eigenvalue weighted by molar-refractivity contribution is 5.67. The van der Waals surface area contributed by atoms with Crippen molar-refractivity contribution in [2.45, 2.75) is 26.0 Å². The van der Waals surface area contributed by atoms with Gasteiger partial charge in [0.15, 0.2) is 0 Å². The van der Waals surface area contributed by atoms with Gasteiger partial charge in [-0.3, -0.25) is 9.69 Å². The van der Waals surface area contributed by atoms with Gasteiger partial charge in [0.1, 0.15) is 0 Å². The van der Waals surface area contributed by atoms with Gasteiger partial charge in [0.2, 0.25) is 0 Å². The largest absolute Gasteiger partial charge is 0.481 e. The van der Waals surface area contributed by atoms with Gasteiger partial charge >= 0.3 is 5.97 Å². The summed E-state index contributed by atoms with van der Waals surface area (Å²) in [5.41, 5.74) is 2.58. The summed E-state index contributed by atoms with van der Waals surface area (Å²) in [6, 6.07) is 8.30. The van der Waals surface area contributed by atoms with Gasteiger partial charge in [-0.25, -0.2) is 0 Å². The van der Waals surface area contributed by atoms with Gasteiger partial charge in [-0.1, -0.05) is 24.3 Å². The number of benzene rings is 1. The van der Waals surface area contributed by atoms with Crippen LogP contribution in [0.5, 0.6) is 0 Å². The van der Waals surface area contributed by atoms with Crippen LogP contribution in [-0.4, -0.2) is 41.8 Å². The Labute approximate surface area is 107 Å². The zero-order valence-electron chi connectivity index (χ0n) is 10.6. The first kappa shape index (κ1) is 13.1. The second-order valence-corrected chi connectivity index (χ2v) is 4.75. The van der Waals surface area contributed by atoms with Crippen LogP contribution in [0.3, 0.4) is 0 Å². The van der Waals surface area contributed by atoms with Crippen molar-refractivity contribution >= 4 is 5.97 Å². The Kier molecular flexibility index (Phi) is 4.33. The molecule has 1 saturated heterocycles. The minimum absolute atomic E-state index is 0.0876. The number of rotatable bonds is 4. The second-order valence-electron chi connectivity index (χ2n) is 4.75. The lowest BCUT2D eigenvalue weighted by Gasteiger charge is -2.32. The van der Waals surface area contributed by atoms with E-state index in [1.54, 1.807) is 0 Å². The highest BCUT2D eigenvalue weighted by Gasteiger charge is 2.22. The number of carboxylic acids is 1. The summed E-state index contributed by atoms with van der Waals surface area (Å²) < 4.78 is 5.46. The summed E-state index contributed by atoms with van der Waals surface area (Å²) in [7, 11) is 0. The van der Waals surface area contributed by atoms with Gasteiger partial charge in [0, 0.05) is 19.6 Å². The van der Waals surface area contributed by atoms with E-state index >= 15 is 0 Å². The number of hydrogen-bond donors (Lipinski definition) is 1. The van der Waals surface area contributed by atoms with Crippen LogP contribution >= 0.6 is 0 Å². The Morgan fingerprint density at radius 3 is 3.00 bits per heavy atom. The second kappa shape index (κ2) is 5.98. The molecule has 1 aliphatic heterocycles. The summed E-state index contributed by atoms with van der Waals surface area (Å²) in [6.07, 6.45) is -0.0927. The van der Waals surface area contributed by atoms with Gasteiger partial charge < -0.3 is 9.84 Å². The van der Waals surface area contributed by atoms with Crippen LogP contribution in [0, 0.1) is 6.92 Å². The smallest absolute Gasteiger partial charge is 0.306 e. The van der Waals surface area contributed by atoms with Gasteiger partial charge in [-0.05, 0) is 18.1 Å². The quantitative estimate of drug-likeness (QED) is 0.882. The fourth-order valence-electron chi connectivity index (χ4n) is 2.27. The molecule has 2 rings (SSSR count). The van der Waals surface area contributed by atoms with Crippen molar-refractivity contribution in [3.05, 3.63) is 35.4 Å². The molecule has 0 saturated carbocycles. The number of carboxylic acid groups (broad SMARTS) is 1. The van der Waals surface area contributed by atoms with Crippen molar-refractivity contribution in [1.82, 2.24) is 4.90 Å². The van der Waals surface area contributed by atoms with E-state index in [4.69, 9.17) is 9.84 Å². The third kappa shape index (κ3) is 3.55. The molecule has 0 aliphatic carbocycles. The first-order valence-corrected chi connectivity index (χ1v) is 6.25. The maximum Gasteiger partial charge on any atom is 0.306 e. The monoisotopic (exact) mass is 249 g/mol. The molecule has 1 heterocycles. The van der Waals surface area contributed by atoms with Gasteiger partial charge in [0.05, 0.1) is 19.1 Å². The third-order valence-corrected chi connectivity index (χ3v) is 3.28. The summed E-state index contributed by atoms with van der Waals surface area (Å²) in [4.78, 5) is 13.0. The van der Waals surface area contributed by atoms with Crippen LogP contribution < -0.4 is 0 Å². The summed E-state index contributed by atoms with van der Waals surface area (Å²) in [6.45, 7) is 5.14. The molecule has 1 aromatic carbocycles. The van der Waals surface area contributed by atoms with E-state index in [0.29, 0.717) is 13.2 Å². The van der Waals surface area contributed by atoms with Gasteiger partial charge in [-0.2, -0.15) is 0 Å². The molecule has 1 atom stereocenters. The molecule has 0 radical (unpaired) electrons. The average Bonchev–Trinajstić information content (AvgIpc) is 2.32. The number of hydrogen-bond acceptors (Lipinski definition) is 3. The van der Waals surface area contributed by atoms with Crippen LogP contribution in [0.2, 0.25) is 0 Å². The summed E-state index contributed by atoms with van der Waals surface area (Å²) >= 11 is 0. The van der Waals surface area contributed by atoms with Crippen LogP contribution in [0.25, 0.3) is 0 Å². The lowest BCUT2D eigenvalue weighted by Crippen LogP contribution is -2.42. The first-order chi connectivity index (χ1) is 8.65. The molecule has 1 aliphatic rings. The molecule has 0 aromatic heterocycles. The molecule has 0 amide bonds. The third-order valence-electron chi connectivity index (χ3n) is 3.28. The number of nitrogens with zero attached hydrogens (tertiary/aromatic N) is 1. The Morgan fingerprint density at radius 2 is 2.28 bits per heavy atom. The molecule has 1 fully saturated rings. The molecule has 1 aromatic rings. The van der Waals surface area contributed by atoms with Crippen LogP contribution in [0.1, 0.15) is 17.5 Å². The van der Waals surface area contributed by atoms with E-state index in [-0.39, 0.29) is 12.5 Å². The van der Waals surface area contributed by atoms with Gasteiger partial charge in [-0.15, -0.1) is 0 Å². The van der Waals surface area contributed by atoms with E-state index in [1.165, 1.54) is 11.1 Å². The number of carbonyl (C=O) groups is 1. The normalized spacial score (nSPS) is 20.8. The predicted molar refractivity (Wildman–Crippen MR) is 68.4 cm³/mol. The summed E-state index contributed by atoms with van der Waals surface area (Å²) in [5.74, 6) is -0.794. The van der Waals surface area contributed by atoms with Crippen LogP contribution in [0.4, 0.5) is 0 Å². The molecule has 98 valence electrons. The summed E-state index contributed by atoms with van der Waals surface area (Å²) in [5, 5.41) is 8.79. The fraction of sp³-hybridized carbons (Fsp3) is 0.500. The molecular formula is C14H19NO3. The zero-order chi connectivity index (χ0) is 13.0. The zero-order valence-corrected chi connectivity index (χ0v) is 10.6. The number of morpholine rings is 1. The lowest BCUT2D eigenvalue weighted by molar-refractivity contribution is -0.142. The van der Waals surface area contributed by atoms with E-state index in [9.17, 15) is 4.79 Å². The molecule has 0 bridgehead atoms. The lowest BCUT2D eigenvalue weighted by atomic mass is 10.1. The highest BCUT2D eigenvalue weighted by atomic mass is 16.5. The van der Waals surface area contributed by atoms with E-state index in [2.05, 4.69) is 24.0 Å².